The smallest absolute Gasteiger partial charge is 0.220 e. The van der Waals surface area contributed by atoms with Gasteiger partial charge in [0.15, 0.2) is 5.16 Å². The molecule has 0 aliphatic heterocycles. The highest BCUT2D eigenvalue weighted by molar-refractivity contribution is 7.98. The fraction of sp³-hybridized carbons (Fsp3) is 0.316. The van der Waals surface area contributed by atoms with Crippen molar-refractivity contribution in [2.75, 3.05) is 6.26 Å². The van der Waals surface area contributed by atoms with Crippen molar-refractivity contribution < 1.29 is 4.79 Å². The Kier molecular flexibility index (Phi) is 5.38. The van der Waals surface area contributed by atoms with Gasteiger partial charge < -0.3 is 10.3 Å². The van der Waals surface area contributed by atoms with Crippen LogP contribution in [0.1, 0.15) is 29.1 Å². The van der Waals surface area contributed by atoms with Gasteiger partial charge in [0.05, 0.1) is 6.54 Å². The van der Waals surface area contributed by atoms with Crippen LogP contribution in [0.5, 0.6) is 0 Å². The number of thioether (sulfide) groups is 1. The van der Waals surface area contributed by atoms with Crippen molar-refractivity contribution >= 4 is 28.6 Å². The van der Waals surface area contributed by atoms with Crippen LogP contribution < -0.4 is 5.32 Å². The highest BCUT2D eigenvalue weighted by Gasteiger charge is 2.11. The first kappa shape index (κ1) is 17.5. The van der Waals surface area contributed by atoms with Crippen molar-refractivity contribution in [3.05, 3.63) is 53.0 Å². The van der Waals surface area contributed by atoms with E-state index in [0.717, 1.165) is 38.7 Å². The van der Waals surface area contributed by atoms with Crippen molar-refractivity contribution in [1.82, 2.24) is 20.3 Å². The zero-order valence-electron chi connectivity index (χ0n) is 14.7. The molecule has 3 aromatic rings. The minimum atomic E-state index is 0.0337. The van der Waals surface area contributed by atoms with Crippen LogP contribution in [-0.4, -0.2) is 27.1 Å². The van der Waals surface area contributed by atoms with E-state index in [0.29, 0.717) is 19.4 Å². The quantitative estimate of drug-likeness (QED) is 0.525. The van der Waals surface area contributed by atoms with Crippen LogP contribution in [0.4, 0.5) is 0 Å². The van der Waals surface area contributed by atoms with Gasteiger partial charge in [0.1, 0.15) is 0 Å². The van der Waals surface area contributed by atoms with Crippen molar-refractivity contribution in [1.29, 1.82) is 0 Å². The molecule has 0 spiro atoms. The van der Waals surface area contributed by atoms with Gasteiger partial charge in [0, 0.05) is 29.0 Å². The topological polar surface area (TPSA) is 70.7 Å². The molecule has 2 aromatic heterocycles. The Morgan fingerprint density at radius 3 is 2.60 bits per heavy atom. The Morgan fingerprint density at radius 1 is 1.20 bits per heavy atom. The van der Waals surface area contributed by atoms with E-state index < -0.39 is 0 Å². The number of fused-ring (bicyclic) bond motifs is 1. The number of aromatic nitrogens is 3. The summed E-state index contributed by atoms with van der Waals surface area (Å²) >= 11 is 1.53. The summed E-state index contributed by atoms with van der Waals surface area (Å²) in [7, 11) is 0. The number of nitrogens with one attached hydrogen (secondary N) is 2. The number of carbonyl (C=O) groups excluding carboxylic acids is 1. The van der Waals surface area contributed by atoms with Gasteiger partial charge in [-0.15, -0.1) is 0 Å². The Bertz CT molecular complexity index is 847. The van der Waals surface area contributed by atoms with Gasteiger partial charge in [-0.05, 0) is 49.6 Å². The standard InChI is InChI=1S/C19H22N4OS/c1-12-16(13(2)22-19(21-12)25-3)8-9-18(24)20-11-15-10-14-6-4-5-7-17(14)23-15/h4-7,10,23H,8-9,11H2,1-3H3,(H,20,24). The van der Waals surface area contributed by atoms with Crippen LogP contribution in [-0.2, 0) is 17.8 Å². The van der Waals surface area contributed by atoms with E-state index in [1.807, 2.05) is 38.3 Å². The predicted octanol–water partition coefficient (Wildman–Crippen LogP) is 3.55. The van der Waals surface area contributed by atoms with E-state index in [2.05, 4.69) is 32.4 Å². The highest BCUT2D eigenvalue weighted by Crippen LogP contribution is 2.17. The first-order valence-corrected chi connectivity index (χ1v) is 9.50. The summed E-state index contributed by atoms with van der Waals surface area (Å²) in [5, 5.41) is 4.91. The molecule has 0 fully saturated rings. The number of aromatic amines is 1. The summed E-state index contributed by atoms with van der Waals surface area (Å²) in [6.45, 7) is 4.46. The number of H-pyrrole nitrogens is 1. The Balaban J connectivity index is 1.56. The van der Waals surface area contributed by atoms with Gasteiger partial charge in [-0.3, -0.25) is 4.79 Å². The number of para-hydroxylation sites is 1. The number of benzene rings is 1. The molecule has 2 heterocycles. The molecule has 0 saturated heterocycles. The fourth-order valence-corrected chi connectivity index (χ4v) is 3.37. The van der Waals surface area contributed by atoms with E-state index >= 15 is 0 Å². The first-order valence-electron chi connectivity index (χ1n) is 8.28. The zero-order valence-corrected chi connectivity index (χ0v) is 15.5. The number of carbonyl (C=O) groups is 1. The third-order valence-corrected chi connectivity index (χ3v) is 4.79. The van der Waals surface area contributed by atoms with Crippen LogP contribution in [0, 0.1) is 13.8 Å². The van der Waals surface area contributed by atoms with Gasteiger partial charge in [0.2, 0.25) is 5.91 Å². The third kappa shape index (κ3) is 4.20. The van der Waals surface area contributed by atoms with Gasteiger partial charge in [-0.1, -0.05) is 30.0 Å². The fourth-order valence-electron chi connectivity index (χ4n) is 2.91. The number of hydrogen-bond acceptors (Lipinski definition) is 4. The SMILES string of the molecule is CSc1nc(C)c(CCC(=O)NCc2cc3ccccc3[nH]2)c(C)n1. The van der Waals surface area contributed by atoms with Crippen LogP contribution >= 0.6 is 11.8 Å². The lowest BCUT2D eigenvalue weighted by atomic mass is 10.1. The molecule has 130 valence electrons. The molecule has 3 rings (SSSR count). The predicted molar refractivity (Wildman–Crippen MR) is 102 cm³/mol. The van der Waals surface area contributed by atoms with E-state index in [4.69, 9.17) is 0 Å². The van der Waals surface area contributed by atoms with E-state index in [-0.39, 0.29) is 5.91 Å². The molecule has 0 aliphatic rings. The van der Waals surface area contributed by atoms with Gasteiger partial charge >= 0.3 is 0 Å². The number of nitrogens with zero attached hydrogens (tertiary/aromatic N) is 2. The number of hydrogen-bond donors (Lipinski definition) is 2. The van der Waals surface area contributed by atoms with Crippen molar-refractivity contribution in [2.45, 2.75) is 38.4 Å². The maximum atomic E-state index is 12.2. The minimum absolute atomic E-state index is 0.0337. The van der Waals surface area contributed by atoms with Crippen molar-refractivity contribution in [3.63, 3.8) is 0 Å². The molecule has 0 aliphatic carbocycles. The summed E-state index contributed by atoms with van der Waals surface area (Å²) < 4.78 is 0. The average molecular weight is 354 g/mol. The Morgan fingerprint density at radius 2 is 1.92 bits per heavy atom. The van der Waals surface area contributed by atoms with Crippen LogP contribution in [0.3, 0.4) is 0 Å². The van der Waals surface area contributed by atoms with Crippen LogP contribution in [0.15, 0.2) is 35.5 Å². The zero-order chi connectivity index (χ0) is 17.8. The molecule has 25 heavy (non-hydrogen) atoms. The molecule has 0 bridgehead atoms. The molecule has 0 radical (unpaired) electrons. The molecule has 5 nitrogen and oxygen atoms in total. The summed E-state index contributed by atoms with van der Waals surface area (Å²) in [6.07, 6.45) is 3.06. The Hall–Kier alpha value is -2.34. The average Bonchev–Trinajstić information content (AvgIpc) is 3.02. The molecule has 2 N–H and O–H groups in total. The van der Waals surface area contributed by atoms with Crippen LogP contribution in [0.25, 0.3) is 10.9 Å². The normalized spacial score (nSPS) is 11.0. The van der Waals surface area contributed by atoms with Gasteiger partial charge in [0.25, 0.3) is 0 Å². The number of rotatable bonds is 6. The maximum Gasteiger partial charge on any atom is 0.220 e. The molecule has 6 heteroatoms. The maximum absolute atomic E-state index is 12.2. The molecular weight excluding hydrogens is 332 g/mol. The van der Waals surface area contributed by atoms with Gasteiger partial charge in [-0.25, -0.2) is 9.97 Å². The monoisotopic (exact) mass is 354 g/mol. The number of aryl methyl sites for hydroxylation is 2. The minimum Gasteiger partial charge on any atom is -0.357 e. The summed E-state index contributed by atoms with van der Waals surface area (Å²) in [4.78, 5) is 24.4. The second-order valence-corrected chi connectivity index (χ2v) is 6.79. The summed E-state index contributed by atoms with van der Waals surface area (Å²) in [5.74, 6) is 0.0337. The second-order valence-electron chi connectivity index (χ2n) is 6.02. The second kappa shape index (κ2) is 7.70. The van der Waals surface area contributed by atoms with E-state index in [9.17, 15) is 4.79 Å². The van der Waals surface area contributed by atoms with Crippen molar-refractivity contribution in [3.8, 4) is 0 Å². The Labute approximate surface area is 151 Å². The molecule has 0 unspecified atom stereocenters. The molecule has 1 aromatic carbocycles. The molecule has 0 saturated carbocycles. The van der Waals surface area contributed by atoms with E-state index in [1.165, 1.54) is 11.8 Å². The number of amides is 1. The highest BCUT2D eigenvalue weighted by atomic mass is 32.2. The summed E-state index contributed by atoms with van der Waals surface area (Å²) in [5.41, 5.74) is 5.08. The molecular formula is C19H22N4OS. The lowest BCUT2D eigenvalue weighted by Crippen LogP contribution is -2.23. The largest absolute Gasteiger partial charge is 0.357 e. The first-order chi connectivity index (χ1) is 12.1. The third-order valence-electron chi connectivity index (χ3n) is 4.25. The van der Waals surface area contributed by atoms with E-state index in [1.54, 1.807) is 0 Å². The lowest BCUT2D eigenvalue weighted by Gasteiger charge is -2.10. The van der Waals surface area contributed by atoms with Crippen molar-refractivity contribution in [2.24, 2.45) is 0 Å². The lowest BCUT2D eigenvalue weighted by molar-refractivity contribution is -0.121. The molecule has 0 atom stereocenters. The molecule has 1 amide bonds. The summed E-state index contributed by atoms with van der Waals surface area (Å²) in [6, 6.07) is 10.2. The van der Waals surface area contributed by atoms with Crippen LogP contribution in [0.2, 0.25) is 0 Å². The van der Waals surface area contributed by atoms with Gasteiger partial charge in [-0.2, -0.15) is 0 Å².